The lowest BCUT2D eigenvalue weighted by Gasteiger charge is -2.11. The molecule has 2 rings (SSSR count). The normalized spacial score (nSPS) is 29.1. The Bertz CT molecular complexity index is 389. The van der Waals surface area contributed by atoms with Gasteiger partial charge in [0, 0.05) is 23.2 Å². The zero-order chi connectivity index (χ0) is 12.3. The predicted octanol–water partition coefficient (Wildman–Crippen LogP) is 1.69. The summed E-state index contributed by atoms with van der Waals surface area (Å²) in [6.45, 7) is 1.98. The van der Waals surface area contributed by atoms with E-state index < -0.39 is 8.25 Å². The van der Waals surface area contributed by atoms with Gasteiger partial charge in [-0.3, -0.25) is 0 Å². The second-order valence-corrected chi connectivity index (χ2v) is 4.80. The summed E-state index contributed by atoms with van der Waals surface area (Å²) in [5, 5.41) is 0. The minimum absolute atomic E-state index is 0.0279. The molecule has 1 heterocycles. The van der Waals surface area contributed by atoms with Crippen LogP contribution >= 0.6 is 8.25 Å². The van der Waals surface area contributed by atoms with E-state index in [1.54, 1.807) is 12.3 Å². The topological polar surface area (TPSA) is 81.5 Å². The number of hydrogen-bond acceptors (Lipinski definition) is 5. The van der Waals surface area contributed by atoms with Crippen LogP contribution in [0.2, 0.25) is 0 Å². The summed E-state index contributed by atoms with van der Waals surface area (Å²) in [4.78, 5) is 16.5. The SMILES string of the molecule is C[C@H]1C[C@@H](Oc2ccncn2)C[C@@H]1O[P+](=O)O. The van der Waals surface area contributed by atoms with Crippen molar-refractivity contribution in [3.05, 3.63) is 18.6 Å². The van der Waals surface area contributed by atoms with E-state index in [9.17, 15) is 4.57 Å². The third-order valence-electron chi connectivity index (χ3n) is 2.83. The van der Waals surface area contributed by atoms with Crippen molar-refractivity contribution in [2.45, 2.75) is 32.0 Å². The molecule has 92 valence electrons. The molecule has 1 aliphatic carbocycles. The Hall–Kier alpha value is -1.10. The largest absolute Gasteiger partial charge is 0.695 e. The maximum Gasteiger partial charge on any atom is 0.695 e. The summed E-state index contributed by atoms with van der Waals surface area (Å²) >= 11 is 0. The van der Waals surface area contributed by atoms with Crippen LogP contribution in [0.4, 0.5) is 0 Å². The number of ether oxygens (including phenoxy) is 1. The molecule has 0 spiro atoms. The molecule has 1 fully saturated rings. The van der Waals surface area contributed by atoms with E-state index in [4.69, 9.17) is 14.2 Å². The number of rotatable bonds is 4. The van der Waals surface area contributed by atoms with Crippen molar-refractivity contribution in [2.75, 3.05) is 0 Å². The molecule has 6 nitrogen and oxygen atoms in total. The molecule has 17 heavy (non-hydrogen) atoms. The van der Waals surface area contributed by atoms with Gasteiger partial charge >= 0.3 is 8.25 Å². The average molecular weight is 257 g/mol. The molecule has 1 saturated carbocycles. The van der Waals surface area contributed by atoms with Crippen molar-refractivity contribution in [1.82, 2.24) is 9.97 Å². The van der Waals surface area contributed by atoms with Gasteiger partial charge in [-0.2, -0.15) is 0 Å². The molecule has 1 aliphatic rings. The molecule has 0 amide bonds. The van der Waals surface area contributed by atoms with Crippen LogP contribution < -0.4 is 4.74 Å². The average Bonchev–Trinajstić information content (AvgIpc) is 2.59. The van der Waals surface area contributed by atoms with Crippen LogP contribution in [0.3, 0.4) is 0 Å². The first-order valence-corrected chi connectivity index (χ1v) is 6.53. The van der Waals surface area contributed by atoms with Crippen LogP contribution in [0, 0.1) is 5.92 Å². The Morgan fingerprint density at radius 2 is 2.35 bits per heavy atom. The highest BCUT2D eigenvalue weighted by atomic mass is 31.1. The second-order valence-electron chi connectivity index (χ2n) is 4.12. The molecule has 1 N–H and O–H groups in total. The van der Waals surface area contributed by atoms with Crippen molar-refractivity contribution in [1.29, 1.82) is 0 Å². The maximum absolute atomic E-state index is 10.6. The quantitative estimate of drug-likeness (QED) is 0.826. The fourth-order valence-corrected chi connectivity index (χ4v) is 2.56. The molecule has 1 aromatic heterocycles. The van der Waals surface area contributed by atoms with Gasteiger partial charge in [-0.1, -0.05) is 6.92 Å². The Labute approximate surface area is 100.0 Å². The van der Waals surface area contributed by atoms with Crippen LogP contribution in [-0.4, -0.2) is 27.1 Å². The van der Waals surface area contributed by atoms with Crippen LogP contribution in [0.5, 0.6) is 5.88 Å². The second kappa shape index (κ2) is 5.49. The number of nitrogens with zero attached hydrogens (tertiary/aromatic N) is 2. The summed E-state index contributed by atoms with van der Waals surface area (Å²) < 4.78 is 21.2. The standard InChI is InChI=1S/C10H13N2O4P/c1-7-4-8(5-9(7)16-17(13)14)15-10-2-3-11-6-12-10/h2-3,6-9H,4-5H2,1H3/p+1/t7-,8+,9-/m0/s1. The lowest BCUT2D eigenvalue weighted by atomic mass is 10.1. The fourth-order valence-electron chi connectivity index (χ4n) is 2.03. The van der Waals surface area contributed by atoms with E-state index in [1.165, 1.54) is 6.33 Å². The molecular formula is C10H14N2O4P+. The van der Waals surface area contributed by atoms with E-state index in [0.717, 1.165) is 6.42 Å². The third kappa shape index (κ3) is 3.43. The molecule has 0 aliphatic heterocycles. The Morgan fingerprint density at radius 3 is 3.00 bits per heavy atom. The van der Waals surface area contributed by atoms with Gasteiger partial charge < -0.3 is 4.74 Å². The maximum atomic E-state index is 10.6. The van der Waals surface area contributed by atoms with Crippen molar-refractivity contribution >= 4 is 8.25 Å². The summed E-state index contributed by atoms with van der Waals surface area (Å²) in [7, 11) is -2.55. The zero-order valence-corrected chi connectivity index (χ0v) is 10.3. The van der Waals surface area contributed by atoms with Crippen molar-refractivity contribution < 1.29 is 18.7 Å². The Morgan fingerprint density at radius 1 is 1.53 bits per heavy atom. The lowest BCUT2D eigenvalue weighted by molar-refractivity contribution is 0.144. The fraction of sp³-hybridized carbons (Fsp3) is 0.600. The van der Waals surface area contributed by atoms with Gasteiger partial charge in [0.1, 0.15) is 18.5 Å². The predicted molar refractivity (Wildman–Crippen MR) is 59.5 cm³/mol. The van der Waals surface area contributed by atoms with E-state index in [1.807, 2.05) is 6.92 Å². The summed E-state index contributed by atoms with van der Waals surface area (Å²) in [6.07, 6.45) is 4.17. The van der Waals surface area contributed by atoms with Crippen LogP contribution in [-0.2, 0) is 9.09 Å². The molecule has 1 aromatic rings. The third-order valence-corrected chi connectivity index (χ3v) is 3.28. The van der Waals surface area contributed by atoms with Crippen LogP contribution in [0.15, 0.2) is 18.6 Å². The highest BCUT2D eigenvalue weighted by molar-refractivity contribution is 7.32. The lowest BCUT2D eigenvalue weighted by Crippen LogP contribution is -2.15. The molecular weight excluding hydrogens is 243 g/mol. The van der Waals surface area contributed by atoms with Crippen molar-refractivity contribution in [3.63, 3.8) is 0 Å². The Balaban J connectivity index is 1.91. The first-order valence-electron chi connectivity index (χ1n) is 5.40. The molecule has 0 bridgehead atoms. The van der Waals surface area contributed by atoms with Gasteiger partial charge in [-0.15, -0.1) is 9.42 Å². The highest BCUT2D eigenvalue weighted by Gasteiger charge is 2.39. The molecule has 0 radical (unpaired) electrons. The van der Waals surface area contributed by atoms with Crippen LogP contribution in [0.25, 0.3) is 0 Å². The van der Waals surface area contributed by atoms with E-state index >= 15 is 0 Å². The van der Waals surface area contributed by atoms with Gasteiger partial charge in [-0.05, 0) is 12.3 Å². The van der Waals surface area contributed by atoms with Gasteiger partial charge in [-0.25, -0.2) is 9.97 Å². The van der Waals surface area contributed by atoms with Crippen molar-refractivity contribution in [3.8, 4) is 5.88 Å². The van der Waals surface area contributed by atoms with Gasteiger partial charge in [0.15, 0.2) is 0 Å². The molecule has 4 atom stereocenters. The number of hydrogen-bond donors (Lipinski definition) is 1. The molecule has 1 unspecified atom stereocenters. The molecule has 0 aromatic carbocycles. The summed E-state index contributed by atoms with van der Waals surface area (Å²) in [5.41, 5.74) is 0. The summed E-state index contributed by atoms with van der Waals surface area (Å²) in [6, 6.07) is 1.69. The van der Waals surface area contributed by atoms with E-state index in [2.05, 4.69) is 9.97 Å². The van der Waals surface area contributed by atoms with Crippen molar-refractivity contribution in [2.24, 2.45) is 5.92 Å². The van der Waals surface area contributed by atoms with Gasteiger partial charge in [0.05, 0.1) is 0 Å². The minimum Gasteiger partial charge on any atom is -0.474 e. The molecule has 7 heteroatoms. The first kappa shape index (κ1) is 12.4. The smallest absolute Gasteiger partial charge is 0.474 e. The highest BCUT2D eigenvalue weighted by Crippen LogP contribution is 2.35. The van der Waals surface area contributed by atoms with Gasteiger partial charge in [0.25, 0.3) is 0 Å². The number of aromatic nitrogens is 2. The summed E-state index contributed by atoms with van der Waals surface area (Å²) in [5.74, 6) is 0.721. The van der Waals surface area contributed by atoms with E-state index in [0.29, 0.717) is 12.3 Å². The van der Waals surface area contributed by atoms with Gasteiger partial charge in [0.2, 0.25) is 5.88 Å². The first-order chi connectivity index (χ1) is 8.15. The van der Waals surface area contributed by atoms with E-state index in [-0.39, 0.29) is 18.1 Å². The monoisotopic (exact) mass is 257 g/mol. The molecule has 0 saturated heterocycles. The zero-order valence-electron chi connectivity index (χ0n) is 9.39. The Kier molecular flexibility index (Phi) is 3.99. The van der Waals surface area contributed by atoms with Crippen LogP contribution in [0.1, 0.15) is 19.8 Å². The minimum atomic E-state index is -2.55.